The van der Waals surface area contributed by atoms with Crippen LogP contribution in [0.2, 0.25) is 0 Å². The minimum absolute atomic E-state index is 0.257. The van der Waals surface area contributed by atoms with E-state index in [9.17, 15) is 12.8 Å². The fourth-order valence-corrected chi connectivity index (χ4v) is 3.01. The summed E-state index contributed by atoms with van der Waals surface area (Å²) in [6.45, 7) is 0. The molecule has 1 aromatic heterocycles. The summed E-state index contributed by atoms with van der Waals surface area (Å²) in [7, 11) is -3.61. The van der Waals surface area contributed by atoms with Crippen molar-refractivity contribution in [2.24, 2.45) is 5.14 Å². The number of sulfonamides is 1. The Morgan fingerprint density at radius 2 is 1.84 bits per heavy atom. The van der Waals surface area contributed by atoms with E-state index in [0.29, 0.717) is 28.3 Å². The number of nitrogens with zero attached hydrogens (tertiary/aromatic N) is 2. The molecule has 0 aliphatic heterocycles. The summed E-state index contributed by atoms with van der Waals surface area (Å²) < 4.78 is 36.3. The monoisotopic (exact) mass is 358 g/mol. The van der Waals surface area contributed by atoms with Crippen LogP contribution < -0.4 is 10.5 Å². The van der Waals surface area contributed by atoms with Crippen LogP contribution in [-0.4, -0.2) is 18.4 Å². The lowest BCUT2D eigenvalue weighted by Gasteiger charge is -2.09. The van der Waals surface area contributed by atoms with E-state index in [-0.39, 0.29) is 11.6 Å². The number of hydrogen-bond donors (Lipinski definition) is 2. The highest BCUT2D eigenvalue weighted by atomic mass is 32.2. The molecular weight excluding hydrogens is 343 g/mol. The van der Waals surface area contributed by atoms with Crippen molar-refractivity contribution < 1.29 is 12.8 Å². The van der Waals surface area contributed by atoms with Crippen LogP contribution >= 0.6 is 0 Å². The third kappa shape index (κ3) is 4.59. The highest BCUT2D eigenvalue weighted by molar-refractivity contribution is 7.88. The van der Waals surface area contributed by atoms with Crippen molar-refractivity contribution in [2.75, 3.05) is 5.32 Å². The van der Waals surface area contributed by atoms with Crippen LogP contribution in [0.3, 0.4) is 0 Å². The maximum atomic E-state index is 13.9. The predicted octanol–water partition coefficient (Wildman–Crippen LogP) is 2.81. The summed E-state index contributed by atoms with van der Waals surface area (Å²) in [6.07, 6.45) is 1.33. The number of hydrogen-bond acceptors (Lipinski definition) is 5. The molecule has 0 aliphatic carbocycles. The van der Waals surface area contributed by atoms with Gasteiger partial charge in [-0.3, -0.25) is 0 Å². The quantitative estimate of drug-likeness (QED) is 0.731. The molecule has 0 aliphatic rings. The third-order valence-corrected chi connectivity index (χ3v) is 4.12. The average molecular weight is 358 g/mol. The van der Waals surface area contributed by atoms with Crippen LogP contribution in [0, 0.1) is 5.82 Å². The molecule has 2 aromatic carbocycles. The lowest BCUT2D eigenvalue weighted by molar-refractivity contribution is 0.597. The van der Waals surface area contributed by atoms with Gasteiger partial charge in [0.05, 0.1) is 11.4 Å². The zero-order chi connectivity index (χ0) is 17.9. The fraction of sp³-hybridized carbons (Fsp3) is 0.0588. The zero-order valence-corrected chi connectivity index (χ0v) is 13.9. The maximum absolute atomic E-state index is 13.9. The van der Waals surface area contributed by atoms with Gasteiger partial charge in [0.2, 0.25) is 10.0 Å². The van der Waals surface area contributed by atoms with Crippen molar-refractivity contribution >= 4 is 21.5 Å². The van der Waals surface area contributed by atoms with Gasteiger partial charge in [0.15, 0.2) is 0 Å². The highest BCUT2D eigenvalue weighted by Gasteiger charge is 2.08. The van der Waals surface area contributed by atoms with Gasteiger partial charge in [-0.2, -0.15) is 0 Å². The molecule has 3 rings (SSSR count). The largest absolute Gasteiger partial charge is 0.340 e. The van der Waals surface area contributed by atoms with E-state index >= 15 is 0 Å². The van der Waals surface area contributed by atoms with Gasteiger partial charge in [0.1, 0.15) is 18.0 Å². The van der Waals surface area contributed by atoms with E-state index in [2.05, 4.69) is 15.3 Å². The Balaban J connectivity index is 1.86. The van der Waals surface area contributed by atoms with Crippen LogP contribution in [0.25, 0.3) is 11.3 Å². The lowest BCUT2D eigenvalue weighted by atomic mass is 10.1. The summed E-state index contributed by atoms with van der Waals surface area (Å²) in [5.74, 6) is -0.171. The van der Waals surface area contributed by atoms with Crippen LogP contribution in [0.4, 0.5) is 15.9 Å². The second kappa shape index (κ2) is 6.96. The SMILES string of the molecule is NS(=O)(=O)Cc1cccc(Nc2cc(-c3ccccc3F)ncn2)c1. The highest BCUT2D eigenvalue weighted by Crippen LogP contribution is 2.23. The van der Waals surface area contributed by atoms with Gasteiger partial charge in [-0.05, 0) is 29.8 Å². The average Bonchev–Trinajstić information content (AvgIpc) is 2.54. The number of anilines is 2. The number of rotatable bonds is 5. The molecule has 0 amide bonds. The molecule has 25 heavy (non-hydrogen) atoms. The van der Waals surface area contributed by atoms with E-state index in [1.54, 1.807) is 48.5 Å². The van der Waals surface area contributed by atoms with Gasteiger partial charge in [-0.25, -0.2) is 27.9 Å². The van der Waals surface area contributed by atoms with E-state index < -0.39 is 10.0 Å². The molecule has 3 aromatic rings. The number of aromatic nitrogens is 2. The number of benzene rings is 2. The molecule has 0 unspecified atom stereocenters. The molecule has 0 saturated carbocycles. The molecule has 128 valence electrons. The fourth-order valence-electron chi connectivity index (χ4n) is 2.36. The van der Waals surface area contributed by atoms with Crippen molar-refractivity contribution in [1.82, 2.24) is 9.97 Å². The molecule has 0 spiro atoms. The van der Waals surface area contributed by atoms with Crippen molar-refractivity contribution in [3.05, 3.63) is 72.3 Å². The molecule has 0 radical (unpaired) electrons. The van der Waals surface area contributed by atoms with Gasteiger partial charge in [-0.15, -0.1) is 0 Å². The van der Waals surface area contributed by atoms with E-state index in [0.717, 1.165) is 0 Å². The Kier molecular flexibility index (Phi) is 4.73. The van der Waals surface area contributed by atoms with Crippen molar-refractivity contribution in [3.63, 3.8) is 0 Å². The topological polar surface area (TPSA) is 98.0 Å². The molecule has 1 heterocycles. The van der Waals surface area contributed by atoms with Crippen LogP contribution in [0.1, 0.15) is 5.56 Å². The van der Waals surface area contributed by atoms with Gasteiger partial charge in [0.25, 0.3) is 0 Å². The first-order valence-electron chi connectivity index (χ1n) is 7.34. The van der Waals surface area contributed by atoms with Crippen LogP contribution in [0.5, 0.6) is 0 Å². The van der Waals surface area contributed by atoms with E-state index in [4.69, 9.17) is 5.14 Å². The van der Waals surface area contributed by atoms with Crippen molar-refractivity contribution in [3.8, 4) is 11.3 Å². The second-order valence-corrected chi connectivity index (χ2v) is 7.02. The Morgan fingerprint density at radius 3 is 2.60 bits per heavy atom. The van der Waals surface area contributed by atoms with Gasteiger partial charge in [-0.1, -0.05) is 24.3 Å². The number of nitrogens with two attached hydrogens (primary N) is 1. The summed E-state index contributed by atoms with van der Waals surface area (Å²) in [5, 5.41) is 8.11. The first kappa shape index (κ1) is 17.0. The normalized spacial score (nSPS) is 11.3. The Bertz CT molecular complexity index is 1010. The minimum atomic E-state index is -3.61. The minimum Gasteiger partial charge on any atom is -0.340 e. The first-order chi connectivity index (χ1) is 11.9. The maximum Gasteiger partial charge on any atom is 0.213 e. The molecular formula is C17H15FN4O2S. The lowest BCUT2D eigenvalue weighted by Crippen LogP contribution is -2.14. The van der Waals surface area contributed by atoms with E-state index in [1.165, 1.54) is 12.4 Å². The molecule has 0 bridgehead atoms. The number of primary sulfonamides is 1. The molecule has 0 fully saturated rings. The Hall–Kier alpha value is -2.84. The second-order valence-electron chi connectivity index (χ2n) is 5.40. The van der Waals surface area contributed by atoms with Crippen molar-refractivity contribution in [2.45, 2.75) is 5.75 Å². The third-order valence-electron chi connectivity index (χ3n) is 3.38. The predicted molar refractivity (Wildman–Crippen MR) is 94.0 cm³/mol. The first-order valence-corrected chi connectivity index (χ1v) is 9.06. The summed E-state index contributed by atoms with van der Waals surface area (Å²) in [4.78, 5) is 8.20. The van der Waals surface area contributed by atoms with Crippen LogP contribution in [-0.2, 0) is 15.8 Å². The van der Waals surface area contributed by atoms with Gasteiger partial charge >= 0.3 is 0 Å². The zero-order valence-electron chi connectivity index (χ0n) is 13.1. The molecule has 8 heteroatoms. The smallest absolute Gasteiger partial charge is 0.213 e. The Labute approximate surface area is 144 Å². The van der Waals surface area contributed by atoms with Gasteiger partial charge in [0, 0.05) is 17.3 Å². The Morgan fingerprint density at radius 1 is 1.04 bits per heavy atom. The van der Waals surface area contributed by atoms with Gasteiger partial charge < -0.3 is 5.32 Å². The summed E-state index contributed by atoms with van der Waals surface area (Å²) >= 11 is 0. The molecule has 3 N–H and O–H groups in total. The molecule has 6 nitrogen and oxygen atoms in total. The van der Waals surface area contributed by atoms with Crippen LogP contribution in [0.15, 0.2) is 60.9 Å². The summed E-state index contributed by atoms with van der Waals surface area (Å²) in [5.41, 5.74) is 2.00. The summed E-state index contributed by atoms with van der Waals surface area (Å²) in [6, 6.07) is 14.7. The number of halogens is 1. The van der Waals surface area contributed by atoms with E-state index in [1.807, 2.05) is 0 Å². The number of nitrogens with one attached hydrogen (secondary N) is 1. The molecule has 0 saturated heterocycles. The molecule has 0 atom stereocenters. The standard InChI is InChI=1S/C17H15FN4O2S/c18-15-7-2-1-6-14(15)16-9-17(21-11-20-16)22-13-5-3-4-12(8-13)10-25(19,23)24/h1-9,11H,10H2,(H2,19,23,24)(H,20,21,22). The van der Waals surface area contributed by atoms with Crippen molar-refractivity contribution in [1.29, 1.82) is 0 Å².